The van der Waals surface area contributed by atoms with E-state index in [1.54, 1.807) is 0 Å². The minimum absolute atomic E-state index is 0.0415. The number of anilines is 1. The highest BCUT2D eigenvalue weighted by Gasteiger charge is 2.38. The number of nitrogens with zero attached hydrogens (tertiary/aromatic N) is 1. The van der Waals surface area contributed by atoms with Gasteiger partial charge in [0.05, 0.1) is 39.3 Å². The van der Waals surface area contributed by atoms with E-state index in [9.17, 15) is 14.4 Å². The van der Waals surface area contributed by atoms with Crippen LogP contribution in [0.25, 0.3) is 16.8 Å². The lowest BCUT2D eigenvalue weighted by Gasteiger charge is -2.38. The quantitative estimate of drug-likeness (QED) is 0.0468. The average molecular weight is 780 g/mol. The zero-order valence-corrected chi connectivity index (χ0v) is 32.8. The molecule has 57 heavy (non-hydrogen) atoms. The lowest BCUT2D eigenvalue weighted by atomic mass is 9.83. The Bertz CT molecular complexity index is 1940. The molecule has 2 heterocycles. The highest BCUT2D eigenvalue weighted by atomic mass is 16.6. The zero-order valence-electron chi connectivity index (χ0n) is 32.8. The maximum atomic E-state index is 12.3. The molecule has 0 aliphatic carbocycles. The van der Waals surface area contributed by atoms with Crippen molar-refractivity contribution in [1.82, 2.24) is 0 Å². The summed E-state index contributed by atoms with van der Waals surface area (Å²) in [4.78, 5) is 38.5. The summed E-state index contributed by atoms with van der Waals surface area (Å²) in [6, 6.07) is 28.6. The largest absolute Gasteiger partial charge is 0.490 e. The maximum absolute atomic E-state index is 12.3. The summed E-state index contributed by atoms with van der Waals surface area (Å²) < 4.78 is 39.6. The van der Waals surface area contributed by atoms with E-state index in [1.165, 1.54) is 5.39 Å². The molecule has 0 bridgehead atoms. The van der Waals surface area contributed by atoms with Gasteiger partial charge in [-0.3, -0.25) is 14.4 Å². The number of fused-ring (bicyclic) bond motifs is 3. The fraction of sp³-hybridized carbons (Fsp3) is 0.413. The van der Waals surface area contributed by atoms with Gasteiger partial charge in [-0.1, -0.05) is 73.7 Å². The van der Waals surface area contributed by atoms with E-state index >= 15 is 0 Å². The number of carbonyl (C=O) groups is 3. The monoisotopic (exact) mass is 779 g/mol. The highest BCUT2D eigenvalue weighted by molar-refractivity contribution is 6.02. The van der Waals surface area contributed by atoms with Gasteiger partial charge in [0.15, 0.2) is 5.60 Å². The number of morpholine rings is 1. The Morgan fingerprint density at radius 3 is 2.05 bits per heavy atom. The van der Waals surface area contributed by atoms with Crippen molar-refractivity contribution in [1.29, 1.82) is 0 Å². The molecule has 1 unspecified atom stereocenters. The van der Waals surface area contributed by atoms with Crippen LogP contribution < -0.4 is 14.4 Å². The van der Waals surface area contributed by atoms with E-state index in [0.717, 1.165) is 59.4 Å². The first-order valence-electron chi connectivity index (χ1n) is 20.1. The van der Waals surface area contributed by atoms with Crippen LogP contribution in [0.2, 0.25) is 0 Å². The number of esters is 3. The Morgan fingerprint density at radius 1 is 0.667 bits per heavy atom. The molecule has 0 saturated carbocycles. The van der Waals surface area contributed by atoms with E-state index in [2.05, 4.69) is 59.5 Å². The van der Waals surface area contributed by atoms with Gasteiger partial charge in [0, 0.05) is 59.9 Å². The van der Waals surface area contributed by atoms with Crippen molar-refractivity contribution >= 4 is 40.4 Å². The van der Waals surface area contributed by atoms with Crippen LogP contribution in [0, 0.1) is 0 Å². The van der Waals surface area contributed by atoms with Gasteiger partial charge in [0.2, 0.25) is 0 Å². The molecular formula is C46H53NO10. The Kier molecular flexibility index (Phi) is 15.4. The third kappa shape index (κ3) is 11.4. The molecule has 4 aromatic rings. The number of carbonyl (C=O) groups excluding carboxylic acids is 3. The Labute approximate surface area is 334 Å². The molecule has 0 N–H and O–H groups in total. The molecule has 0 spiro atoms. The third-order valence-electron chi connectivity index (χ3n) is 9.90. The van der Waals surface area contributed by atoms with Gasteiger partial charge >= 0.3 is 17.9 Å². The molecule has 0 aromatic heterocycles. The van der Waals surface area contributed by atoms with Crippen LogP contribution in [-0.4, -0.2) is 83.9 Å². The van der Waals surface area contributed by atoms with E-state index in [1.807, 2.05) is 49.4 Å². The minimum Gasteiger partial charge on any atom is -0.490 e. The van der Waals surface area contributed by atoms with Gasteiger partial charge in [-0.2, -0.15) is 0 Å². The number of hydrogen-bond donors (Lipinski definition) is 0. The Hall–Kier alpha value is -5.39. The summed E-state index contributed by atoms with van der Waals surface area (Å²) in [5, 5.41) is 2.33. The molecule has 2 aliphatic heterocycles. The normalized spacial score (nSPS) is 16.1. The molecule has 1 fully saturated rings. The van der Waals surface area contributed by atoms with E-state index < -0.39 is 17.5 Å². The predicted octanol–water partition coefficient (Wildman–Crippen LogP) is 7.80. The van der Waals surface area contributed by atoms with Gasteiger partial charge in [-0.15, -0.1) is 0 Å². The average Bonchev–Trinajstić information content (AvgIpc) is 3.25. The van der Waals surface area contributed by atoms with Gasteiger partial charge < -0.3 is 38.1 Å². The number of benzene rings is 4. The topological polar surface area (TPSA) is 119 Å². The Balaban J connectivity index is 0.956. The van der Waals surface area contributed by atoms with E-state index in [0.29, 0.717) is 51.4 Å². The summed E-state index contributed by atoms with van der Waals surface area (Å²) in [6.07, 6.45) is 7.39. The van der Waals surface area contributed by atoms with Crippen LogP contribution >= 0.6 is 0 Å². The molecule has 302 valence electrons. The van der Waals surface area contributed by atoms with E-state index in [-0.39, 0.29) is 45.2 Å². The lowest BCUT2D eigenvalue weighted by molar-refractivity contribution is -0.150. The van der Waals surface area contributed by atoms with Gasteiger partial charge in [0.1, 0.15) is 31.3 Å². The molecule has 0 amide bonds. The molecule has 0 radical (unpaired) electrons. The molecule has 1 saturated heterocycles. The fourth-order valence-electron chi connectivity index (χ4n) is 6.98. The van der Waals surface area contributed by atoms with Crippen LogP contribution in [0.1, 0.15) is 68.6 Å². The second kappa shape index (κ2) is 21.2. The minimum atomic E-state index is -0.881. The first-order chi connectivity index (χ1) is 28.0. The second-order valence-electron chi connectivity index (χ2n) is 13.9. The number of ether oxygens (including phenoxy) is 7. The van der Waals surface area contributed by atoms with Crippen LogP contribution in [0.5, 0.6) is 11.5 Å². The van der Waals surface area contributed by atoms with Crippen molar-refractivity contribution in [3.8, 4) is 11.5 Å². The SMILES string of the molecule is CCCOCCOC(=O)CCCCCOC(=O)CCC(=O)OCCOc1ccc(C2(c3ccccc3)C=Cc3c(cc(N4CCOCC4)c4ccccc34)O2)cc1. The standard InChI is InChI=1S/C46H53NO10/c1-2-26-51-30-31-55-43(48)15-7-4-10-27-54-44(49)20-21-45(50)56-33-32-53-37-18-16-36(17-19-37)46(35-11-5-3-6-12-35)23-22-40-38-13-8-9-14-39(38)41(34-42(40)57-46)47-24-28-52-29-25-47/h3,5-6,8-9,11-14,16-19,22-23,34H,2,4,7,10,15,20-21,24-33H2,1H3. The van der Waals surface area contributed by atoms with Crippen molar-refractivity contribution in [3.63, 3.8) is 0 Å². The summed E-state index contributed by atoms with van der Waals surface area (Å²) in [6.45, 7) is 6.78. The summed E-state index contributed by atoms with van der Waals surface area (Å²) in [5.74, 6) is 0.214. The molecular weight excluding hydrogens is 727 g/mol. The maximum Gasteiger partial charge on any atom is 0.306 e. The second-order valence-corrected chi connectivity index (χ2v) is 13.9. The van der Waals surface area contributed by atoms with Crippen molar-refractivity contribution in [2.45, 2.75) is 57.5 Å². The van der Waals surface area contributed by atoms with Gasteiger partial charge in [-0.05, 0) is 55.4 Å². The van der Waals surface area contributed by atoms with Gasteiger partial charge in [0.25, 0.3) is 0 Å². The molecule has 11 nitrogen and oxygen atoms in total. The van der Waals surface area contributed by atoms with Crippen LogP contribution in [0.3, 0.4) is 0 Å². The summed E-state index contributed by atoms with van der Waals surface area (Å²) in [7, 11) is 0. The lowest BCUT2D eigenvalue weighted by Crippen LogP contribution is -2.37. The van der Waals surface area contributed by atoms with E-state index in [4.69, 9.17) is 33.2 Å². The first kappa shape index (κ1) is 41.2. The van der Waals surface area contributed by atoms with Crippen molar-refractivity contribution < 1.29 is 47.5 Å². The third-order valence-corrected chi connectivity index (χ3v) is 9.90. The van der Waals surface area contributed by atoms with Crippen molar-refractivity contribution in [2.24, 2.45) is 0 Å². The molecule has 6 rings (SSSR count). The number of rotatable bonds is 21. The number of unbranched alkanes of at least 4 members (excludes halogenated alkanes) is 2. The van der Waals surface area contributed by atoms with Gasteiger partial charge in [-0.25, -0.2) is 0 Å². The van der Waals surface area contributed by atoms with Crippen LogP contribution in [0.15, 0.2) is 91.0 Å². The van der Waals surface area contributed by atoms with Crippen molar-refractivity contribution in [2.75, 3.05) is 70.8 Å². The summed E-state index contributed by atoms with van der Waals surface area (Å²) >= 11 is 0. The highest BCUT2D eigenvalue weighted by Crippen LogP contribution is 2.47. The molecule has 4 aromatic carbocycles. The zero-order chi connectivity index (χ0) is 39.7. The smallest absolute Gasteiger partial charge is 0.306 e. The first-order valence-corrected chi connectivity index (χ1v) is 20.1. The predicted molar refractivity (Wildman–Crippen MR) is 217 cm³/mol. The summed E-state index contributed by atoms with van der Waals surface area (Å²) in [5.41, 5.74) is 3.24. The molecule has 2 aliphatic rings. The Morgan fingerprint density at radius 2 is 1.32 bits per heavy atom. The van der Waals surface area contributed by atoms with Crippen LogP contribution in [0.4, 0.5) is 5.69 Å². The molecule has 1 atom stereocenters. The van der Waals surface area contributed by atoms with Crippen molar-refractivity contribution in [3.05, 3.63) is 108 Å². The van der Waals surface area contributed by atoms with Crippen LogP contribution in [-0.2, 0) is 43.7 Å². The molecule has 11 heteroatoms. The fourth-order valence-corrected chi connectivity index (χ4v) is 6.98. The number of hydrogen-bond acceptors (Lipinski definition) is 11.